The van der Waals surface area contributed by atoms with Gasteiger partial charge in [-0.15, -0.1) is 11.3 Å². The zero-order valence-corrected chi connectivity index (χ0v) is 11.8. The van der Waals surface area contributed by atoms with E-state index in [1.165, 1.54) is 29.7 Å². The molecule has 0 saturated carbocycles. The van der Waals surface area contributed by atoms with Crippen LogP contribution in [0.2, 0.25) is 0 Å². The first-order chi connectivity index (χ1) is 8.72. The summed E-state index contributed by atoms with van der Waals surface area (Å²) in [6.45, 7) is 3.95. The highest BCUT2D eigenvalue weighted by molar-refractivity contribution is 7.12. The van der Waals surface area contributed by atoms with Crippen LogP contribution in [-0.2, 0) is 33.0 Å². The fourth-order valence-electron chi connectivity index (χ4n) is 2.62. The highest BCUT2D eigenvalue weighted by Gasteiger charge is 2.14. The Kier molecular flexibility index (Phi) is 3.22. The molecule has 0 bridgehead atoms. The Labute approximate surface area is 112 Å². The summed E-state index contributed by atoms with van der Waals surface area (Å²) in [5.41, 5.74) is 4.01. The van der Waals surface area contributed by atoms with E-state index < -0.39 is 0 Å². The second-order valence-corrected chi connectivity index (χ2v) is 6.25. The van der Waals surface area contributed by atoms with Gasteiger partial charge in [0.25, 0.3) is 0 Å². The number of rotatable bonds is 4. The maximum Gasteiger partial charge on any atom is 0.0638 e. The van der Waals surface area contributed by atoms with E-state index in [1.807, 2.05) is 23.1 Å². The largest absolute Gasteiger partial charge is 0.308 e. The van der Waals surface area contributed by atoms with Crippen LogP contribution >= 0.6 is 11.3 Å². The molecule has 0 fully saturated rings. The molecule has 96 valence electrons. The van der Waals surface area contributed by atoms with Crippen molar-refractivity contribution < 1.29 is 0 Å². The maximum absolute atomic E-state index is 4.36. The third kappa shape index (κ3) is 2.35. The third-order valence-electron chi connectivity index (χ3n) is 3.53. The highest BCUT2D eigenvalue weighted by atomic mass is 32.1. The van der Waals surface area contributed by atoms with Crippen molar-refractivity contribution >= 4 is 11.3 Å². The van der Waals surface area contributed by atoms with E-state index in [4.69, 9.17) is 0 Å². The number of nitrogens with one attached hydrogen (secondary N) is 1. The summed E-state index contributed by atoms with van der Waals surface area (Å²) in [4.78, 5) is 3.09. The van der Waals surface area contributed by atoms with E-state index >= 15 is 0 Å². The Bertz CT molecular complexity index is 532. The Morgan fingerprint density at radius 1 is 1.39 bits per heavy atom. The van der Waals surface area contributed by atoms with Gasteiger partial charge in [-0.3, -0.25) is 4.68 Å². The second-order valence-electron chi connectivity index (χ2n) is 5.03. The smallest absolute Gasteiger partial charge is 0.0638 e. The molecular weight excluding hydrogens is 242 g/mol. The second kappa shape index (κ2) is 4.86. The average molecular weight is 261 g/mol. The Morgan fingerprint density at radius 3 is 3.00 bits per heavy atom. The number of aryl methyl sites for hydroxylation is 4. The number of thiophene rings is 1. The summed E-state index contributed by atoms with van der Waals surface area (Å²) < 4.78 is 1.88. The van der Waals surface area contributed by atoms with Crippen LogP contribution in [0.3, 0.4) is 0 Å². The van der Waals surface area contributed by atoms with Gasteiger partial charge in [0.05, 0.1) is 5.69 Å². The molecule has 2 aromatic rings. The minimum Gasteiger partial charge on any atom is -0.308 e. The summed E-state index contributed by atoms with van der Waals surface area (Å²) in [6, 6.07) is 2.39. The molecule has 1 aliphatic carbocycles. The number of aromatic nitrogens is 2. The fourth-order valence-corrected chi connectivity index (χ4v) is 3.85. The van der Waals surface area contributed by atoms with Gasteiger partial charge in [0.2, 0.25) is 0 Å². The van der Waals surface area contributed by atoms with Gasteiger partial charge in [-0.05, 0) is 37.8 Å². The van der Waals surface area contributed by atoms with Crippen molar-refractivity contribution in [1.29, 1.82) is 0 Å². The van der Waals surface area contributed by atoms with Crippen LogP contribution in [0, 0.1) is 6.92 Å². The Balaban J connectivity index is 1.56. The standard InChI is InChI=1S/C14H19N3S/c1-10-12(9-17(2)16-10)7-15-8-13-6-11-4-3-5-14(11)18-13/h6,9,15H,3-5,7-8H2,1-2H3. The van der Waals surface area contributed by atoms with Crippen LogP contribution in [0.5, 0.6) is 0 Å². The van der Waals surface area contributed by atoms with Crippen molar-refractivity contribution in [2.45, 2.75) is 39.3 Å². The van der Waals surface area contributed by atoms with E-state index in [0.717, 1.165) is 18.8 Å². The normalized spacial score (nSPS) is 14.1. The molecule has 3 rings (SSSR count). The molecule has 1 N–H and O–H groups in total. The summed E-state index contributed by atoms with van der Waals surface area (Å²) in [5, 5.41) is 7.87. The van der Waals surface area contributed by atoms with Crippen molar-refractivity contribution in [1.82, 2.24) is 15.1 Å². The van der Waals surface area contributed by atoms with E-state index in [1.54, 1.807) is 10.4 Å². The van der Waals surface area contributed by atoms with Crippen molar-refractivity contribution in [3.63, 3.8) is 0 Å². The van der Waals surface area contributed by atoms with E-state index in [9.17, 15) is 0 Å². The van der Waals surface area contributed by atoms with Crippen LogP contribution in [-0.4, -0.2) is 9.78 Å². The Morgan fingerprint density at radius 2 is 2.28 bits per heavy atom. The van der Waals surface area contributed by atoms with Gasteiger partial charge < -0.3 is 5.32 Å². The summed E-state index contributed by atoms with van der Waals surface area (Å²) >= 11 is 1.98. The molecule has 0 aliphatic heterocycles. The van der Waals surface area contributed by atoms with Crippen LogP contribution in [0.25, 0.3) is 0 Å². The molecule has 0 amide bonds. The topological polar surface area (TPSA) is 29.9 Å². The van der Waals surface area contributed by atoms with Crippen LogP contribution in [0.4, 0.5) is 0 Å². The van der Waals surface area contributed by atoms with Crippen LogP contribution in [0.15, 0.2) is 12.3 Å². The van der Waals surface area contributed by atoms with Crippen molar-refractivity contribution in [3.8, 4) is 0 Å². The molecule has 3 nitrogen and oxygen atoms in total. The van der Waals surface area contributed by atoms with Crippen LogP contribution < -0.4 is 5.32 Å². The van der Waals surface area contributed by atoms with Gasteiger partial charge in [-0.2, -0.15) is 5.10 Å². The lowest BCUT2D eigenvalue weighted by molar-refractivity contribution is 0.697. The molecule has 4 heteroatoms. The molecular formula is C14H19N3S. The molecule has 2 heterocycles. The SMILES string of the molecule is Cc1nn(C)cc1CNCc1cc2c(s1)CCC2. The quantitative estimate of drug-likeness (QED) is 0.916. The summed E-state index contributed by atoms with van der Waals surface area (Å²) in [5.74, 6) is 0. The number of nitrogens with zero attached hydrogens (tertiary/aromatic N) is 2. The van der Waals surface area contributed by atoms with Crippen molar-refractivity contribution in [3.05, 3.63) is 38.8 Å². The maximum atomic E-state index is 4.36. The lowest BCUT2D eigenvalue weighted by Crippen LogP contribution is -2.12. The lowest BCUT2D eigenvalue weighted by Gasteiger charge is -2.01. The monoisotopic (exact) mass is 261 g/mol. The van der Waals surface area contributed by atoms with Gasteiger partial charge in [-0.25, -0.2) is 0 Å². The molecule has 18 heavy (non-hydrogen) atoms. The third-order valence-corrected chi connectivity index (χ3v) is 4.76. The first-order valence-corrected chi connectivity index (χ1v) is 7.34. The van der Waals surface area contributed by atoms with E-state index in [-0.39, 0.29) is 0 Å². The molecule has 1 aliphatic rings. The molecule has 0 saturated heterocycles. The highest BCUT2D eigenvalue weighted by Crippen LogP contribution is 2.30. The first-order valence-electron chi connectivity index (χ1n) is 6.52. The van der Waals surface area contributed by atoms with Crippen LogP contribution in [0.1, 0.15) is 33.0 Å². The zero-order chi connectivity index (χ0) is 12.5. The minimum atomic E-state index is 0.905. The van der Waals surface area contributed by atoms with Gasteiger partial charge >= 0.3 is 0 Å². The molecule has 0 spiro atoms. The van der Waals surface area contributed by atoms with E-state index in [0.29, 0.717) is 0 Å². The zero-order valence-electron chi connectivity index (χ0n) is 11.0. The molecule has 0 radical (unpaired) electrons. The van der Waals surface area contributed by atoms with Gasteiger partial charge in [-0.1, -0.05) is 0 Å². The van der Waals surface area contributed by atoms with Crippen molar-refractivity contribution in [2.75, 3.05) is 0 Å². The Hall–Kier alpha value is -1.13. The van der Waals surface area contributed by atoms with E-state index in [2.05, 4.69) is 29.6 Å². The van der Waals surface area contributed by atoms with Gasteiger partial charge in [0.1, 0.15) is 0 Å². The average Bonchev–Trinajstić information content (AvgIpc) is 2.94. The molecule has 0 unspecified atom stereocenters. The molecule has 2 aromatic heterocycles. The lowest BCUT2D eigenvalue weighted by atomic mass is 10.2. The number of hydrogen-bond donors (Lipinski definition) is 1. The molecule has 0 atom stereocenters. The summed E-state index contributed by atoms with van der Waals surface area (Å²) in [6.07, 6.45) is 6.02. The minimum absolute atomic E-state index is 0.905. The predicted octanol–water partition coefficient (Wildman–Crippen LogP) is 2.57. The molecule has 0 aromatic carbocycles. The predicted molar refractivity (Wildman–Crippen MR) is 74.8 cm³/mol. The number of hydrogen-bond acceptors (Lipinski definition) is 3. The summed E-state index contributed by atoms with van der Waals surface area (Å²) in [7, 11) is 1.97. The van der Waals surface area contributed by atoms with Gasteiger partial charge in [0, 0.05) is 41.7 Å². The van der Waals surface area contributed by atoms with Crippen molar-refractivity contribution in [2.24, 2.45) is 7.05 Å². The number of fused-ring (bicyclic) bond motifs is 1. The van der Waals surface area contributed by atoms with Gasteiger partial charge in [0.15, 0.2) is 0 Å². The first kappa shape index (κ1) is 11.9. The fraction of sp³-hybridized carbons (Fsp3) is 0.500.